The summed E-state index contributed by atoms with van der Waals surface area (Å²) in [6.07, 6.45) is -2.18. The first-order valence-electron chi connectivity index (χ1n) is 21.1. The highest BCUT2D eigenvalue weighted by Gasteiger charge is 2.50. The minimum absolute atomic E-state index is 0.0134. The lowest BCUT2D eigenvalue weighted by atomic mass is 9.95. The molecule has 1 N–H and O–H groups in total. The van der Waals surface area contributed by atoms with Crippen LogP contribution < -0.4 is 15.0 Å². The second-order valence-electron chi connectivity index (χ2n) is 17.1. The quantitative estimate of drug-likeness (QED) is 0.200. The monoisotopic (exact) mass is 843 g/mol. The first-order chi connectivity index (χ1) is 28.8. The van der Waals surface area contributed by atoms with E-state index in [0.29, 0.717) is 12.8 Å². The van der Waals surface area contributed by atoms with Crippen molar-refractivity contribution in [1.82, 2.24) is 19.8 Å². The Kier molecular flexibility index (Phi) is 8.90. The summed E-state index contributed by atoms with van der Waals surface area (Å²) in [5, 5.41) is 12.7. The van der Waals surface area contributed by atoms with Crippen molar-refractivity contribution < 1.29 is 42.5 Å². The Balaban J connectivity index is 1.27. The number of benzene rings is 2. The van der Waals surface area contributed by atoms with Crippen molar-refractivity contribution in [2.24, 2.45) is 0 Å². The number of piperazine rings is 1. The van der Waals surface area contributed by atoms with Crippen molar-refractivity contribution >= 4 is 66.9 Å². The molecular formula is C41H45ClF3N7O5S. The van der Waals surface area contributed by atoms with Gasteiger partial charge in [-0.3, -0.25) is 15.1 Å². The summed E-state index contributed by atoms with van der Waals surface area (Å²) < 4.78 is 101. The zero-order valence-electron chi connectivity index (χ0n) is 36.8. The van der Waals surface area contributed by atoms with Crippen LogP contribution in [0.25, 0.3) is 32.1 Å². The molecule has 4 fully saturated rings. The molecule has 12 nitrogen and oxygen atoms in total. The van der Waals surface area contributed by atoms with Crippen molar-refractivity contribution in [3.63, 3.8) is 0 Å². The van der Waals surface area contributed by atoms with Crippen LogP contribution >= 0.6 is 22.9 Å². The molecule has 2 aromatic carbocycles. The highest BCUT2D eigenvalue weighted by atomic mass is 35.5. The van der Waals surface area contributed by atoms with Gasteiger partial charge in [-0.05, 0) is 91.4 Å². The molecule has 0 unspecified atom stereocenters. The average Bonchev–Trinajstić information content (AvgIpc) is 3.85. The van der Waals surface area contributed by atoms with E-state index in [0.717, 1.165) is 22.3 Å². The molecule has 2 amide bonds. The molecule has 0 radical (unpaired) electrons. The third-order valence-corrected chi connectivity index (χ3v) is 12.1. The van der Waals surface area contributed by atoms with Gasteiger partial charge in [-0.15, -0.1) is 11.3 Å². The Bertz CT molecular complexity index is 2550. The fourth-order valence-electron chi connectivity index (χ4n) is 8.41. The fourth-order valence-corrected chi connectivity index (χ4v) is 9.77. The van der Waals surface area contributed by atoms with Gasteiger partial charge in [0.15, 0.2) is 5.82 Å². The van der Waals surface area contributed by atoms with Crippen LogP contribution in [0.4, 0.5) is 33.6 Å². The van der Waals surface area contributed by atoms with Crippen molar-refractivity contribution in [1.29, 1.82) is 5.26 Å². The number of halogens is 4. The number of rotatable bonds is 6. The summed E-state index contributed by atoms with van der Waals surface area (Å²) in [6, 6.07) is 4.43. The van der Waals surface area contributed by atoms with Crippen LogP contribution in [-0.2, 0) is 9.47 Å². The van der Waals surface area contributed by atoms with E-state index in [1.807, 2.05) is 11.0 Å². The van der Waals surface area contributed by atoms with Gasteiger partial charge in [0.25, 0.3) is 0 Å². The number of alkyl halides is 1. The third kappa shape index (κ3) is 7.34. The lowest BCUT2D eigenvalue weighted by Gasteiger charge is -2.42. The van der Waals surface area contributed by atoms with Crippen LogP contribution in [0.15, 0.2) is 18.2 Å². The van der Waals surface area contributed by atoms with Crippen LogP contribution in [0.1, 0.15) is 84.7 Å². The topological polar surface area (TPSA) is 133 Å². The van der Waals surface area contributed by atoms with Crippen LogP contribution in [-0.4, -0.2) is 99.6 Å². The van der Waals surface area contributed by atoms with Gasteiger partial charge in [0, 0.05) is 45.1 Å². The van der Waals surface area contributed by atoms with E-state index in [1.165, 1.54) is 12.1 Å². The summed E-state index contributed by atoms with van der Waals surface area (Å²) in [5.74, 6) is -1.71. The van der Waals surface area contributed by atoms with Gasteiger partial charge in [-0.1, -0.05) is 17.7 Å². The summed E-state index contributed by atoms with van der Waals surface area (Å²) in [6.45, 7) is 5.53. The van der Waals surface area contributed by atoms with Gasteiger partial charge in [0.1, 0.15) is 52.2 Å². The van der Waals surface area contributed by atoms with E-state index in [4.69, 9.17) is 28.6 Å². The van der Waals surface area contributed by atoms with E-state index in [1.54, 1.807) is 46.4 Å². The molecule has 2 bridgehead atoms. The lowest BCUT2D eigenvalue weighted by molar-refractivity contribution is 0.0122. The molecule has 4 atom stereocenters. The standard InChI is InChI=1S/C41H45ClF3N7O5S/c1-39(2,3)56-37(53)49-35-26(16-46)29-24(10-11-28(44)33(29)58-35)30-27(42)14-25-32(31(30)45)47-36(55-20-41-12-7-13-51(41)17-21(43)15-41)48-34(25)50-18-22-8-9-23(19-50)52(22)38(54)57-40(4,5)6/h10-11,14,21-23H,7-9,12-13,15,17-20H2,1-6H3,(H,49,53)/t21-,22-,23+,41+/m1/s1/i13D2,20D2. The Morgan fingerprint density at radius 3 is 2.50 bits per heavy atom. The summed E-state index contributed by atoms with van der Waals surface area (Å²) in [4.78, 5) is 39.8. The number of nitrogens with zero attached hydrogens (tertiary/aromatic N) is 6. The Morgan fingerprint density at radius 1 is 1.12 bits per heavy atom. The SMILES string of the molecule is [2H]C1([2H])CC[C@@]2(C([2H])([2H])Oc3nc(N4C[C@H]5CC[C@@H](C4)N5C(=O)OC(C)(C)C)c4cc(Cl)c(-c5ccc(F)c6sc(NC(=O)OC(C)(C)C)c(C#N)c56)c(F)c4n3)C[C@@H](F)CN12. The molecule has 308 valence electrons. The number of aromatic nitrogens is 2. The van der Waals surface area contributed by atoms with Gasteiger partial charge >= 0.3 is 18.2 Å². The summed E-state index contributed by atoms with van der Waals surface area (Å²) in [5.41, 5.74) is -4.24. The van der Waals surface area contributed by atoms with Crippen LogP contribution in [0.5, 0.6) is 6.01 Å². The largest absolute Gasteiger partial charge is 0.461 e. The predicted octanol–water partition coefficient (Wildman–Crippen LogP) is 9.21. The number of thiophene rings is 1. The normalized spacial score (nSPS) is 25.5. The first kappa shape index (κ1) is 35.4. The number of fused-ring (bicyclic) bond motifs is 5. The molecule has 58 heavy (non-hydrogen) atoms. The number of amides is 2. The highest BCUT2D eigenvalue weighted by Crippen LogP contribution is 2.47. The van der Waals surface area contributed by atoms with Gasteiger partial charge in [0.05, 0.1) is 35.7 Å². The minimum Gasteiger partial charge on any atom is -0.461 e. The summed E-state index contributed by atoms with van der Waals surface area (Å²) >= 11 is 7.72. The number of carbonyl (C=O) groups is 2. The number of nitriles is 1. The van der Waals surface area contributed by atoms with Crippen molar-refractivity contribution in [3.05, 3.63) is 40.4 Å². The second kappa shape index (κ2) is 14.6. The zero-order valence-corrected chi connectivity index (χ0v) is 34.3. The fraction of sp³-hybridized carbons (Fsp3) is 0.537. The first-order valence-corrected chi connectivity index (χ1v) is 20.2. The third-order valence-electron chi connectivity index (χ3n) is 10.6. The number of ether oxygens (including phenoxy) is 3. The van der Waals surface area contributed by atoms with E-state index >= 15 is 13.2 Å². The molecule has 4 aromatic rings. The Labute approximate surface area is 348 Å². The van der Waals surface area contributed by atoms with E-state index < -0.39 is 65.8 Å². The predicted molar refractivity (Wildman–Crippen MR) is 215 cm³/mol. The maximum atomic E-state index is 17.6. The molecule has 6 heterocycles. The van der Waals surface area contributed by atoms with E-state index in [2.05, 4.69) is 15.3 Å². The summed E-state index contributed by atoms with van der Waals surface area (Å²) in [7, 11) is 0. The highest BCUT2D eigenvalue weighted by molar-refractivity contribution is 7.23. The van der Waals surface area contributed by atoms with Gasteiger partial charge < -0.3 is 19.1 Å². The molecule has 0 spiro atoms. The zero-order chi connectivity index (χ0) is 45.1. The Morgan fingerprint density at radius 2 is 1.83 bits per heavy atom. The average molecular weight is 844 g/mol. The number of nitrogens with one attached hydrogen (secondary N) is 1. The van der Waals surface area contributed by atoms with E-state index in [-0.39, 0.29) is 105 Å². The smallest absolute Gasteiger partial charge is 0.412 e. The molecule has 17 heteroatoms. The molecule has 2 aromatic heterocycles. The number of hydrogen-bond acceptors (Lipinski definition) is 11. The lowest BCUT2D eigenvalue weighted by Crippen LogP contribution is -2.57. The second-order valence-corrected chi connectivity index (χ2v) is 18.5. The molecule has 0 saturated carbocycles. The van der Waals surface area contributed by atoms with Crippen LogP contribution in [0, 0.1) is 23.0 Å². The van der Waals surface area contributed by atoms with Crippen LogP contribution in [0.2, 0.25) is 5.02 Å². The van der Waals surface area contributed by atoms with Gasteiger partial charge in [-0.25, -0.2) is 22.8 Å². The number of anilines is 2. The van der Waals surface area contributed by atoms with Crippen molar-refractivity contribution in [2.45, 2.75) is 109 Å². The number of carbonyl (C=O) groups excluding carboxylic acids is 2. The molecule has 4 saturated heterocycles. The minimum atomic E-state index is -2.79. The van der Waals surface area contributed by atoms with Gasteiger partial charge in [0.2, 0.25) is 0 Å². The molecule has 0 aliphatic carbocycles. The maximum Gasteiger partial charge on any atom is 0.412 e. The maximum absolute atomic E-state index is 17.6. The number of hydrogen-bond donors (Lipinski definition) is 1. The Hall–Kier alpha value is -4.59. The molecule has 4 aliphatic rings. The van der Waals surface area contributed by atoms with Crippen LogP contribution in [0.3, 0.4) is 0 Å². The van der Waals surface area contributed by atoms with Crippen molar-refractivity contribution in [2.75, 3.05) is 42.9 Å². The van der Waals surface area contributed by atoms with Gasteiger partial charge in [-0.2, -0.15) is 15.2 Å². The molecule has 8 rings (SSSR count). The van der Waals surface area contributed by atoms with E-state index in [9.17, 15) is 17.6 Å². The molecule has 4 aliphatic heterocycles. The molecular weight excluding hydrogens is 795 g/mol. The van der Waals surface area contributed by atoms with Crippen molar-refractivity contribution in [3.8, 4) is 23.2 Å².